The van der Waals surface area contributed by atoms with E-state index < -0.39 is 0 Å². The first-order chi connectivity index (χ1) is 12.2. The lowest BCUT2D eigenvalue weighted by Gasteiger charge is -2.10. The highest BCUT2D eigenvalue weighted by molar-refractivity contribution is 7.12. The molecule has 3 rings (SSSR count). The highest BCUT2D eigenvalue weighted by atomic mass is 32.1. The Labute approximate surface area is 150 Å². The van der Waals surface area contributed by atoms with Gasteiger partial charge in [0, 0.05) is 18.5 Å². The van der Waals surface area contributed by atoms with Crippen molar-refractivity contribution in [1.29, 1.82) is 5.26 Å². The molecule has 0 atom stereocenters. The van der Waals surface area contributed by atoms with E-state index in [0.29, 0.717) is 29.3 Å². The Hall–Kier alpha value is -2.91. The second-order valence-electron chi connectivity index (χ2n) is 5.66. The lowest BCUT2D eigenvalue weighted by molar-refractivity contribution is 0.0957. The topological polar surface area (TPSA) is 77.8 Å². The Morgan fingerprint density at radius 3 is 2.92 bits per heavy atom. The largest absolute Gasteiger partial charge is 0.369 e. The van der Waals surface area contributed by atoms with E-state index in [2.05, 4.69) is 21.7 Å². The average Bonchev–Trinajstić information content (AvgIpc) is 3.16. The molecule has 0 aliphatic carbocycles. The Morgan fingerprint density at radius 1 is 1.28 bits per heavy atom. The molecular formula is C19H18N4OS. The number of thiophene rings is 1. The van der Waals surface area contributed by atoms with E-state index in [9.17, 15) is 10.1 Å². The number of aromatic nitrogens is 1. The number of carbonyl (C=O) groups is 1. The van der Waals surface area contributed by atoms with E-state index in [1.807, 2.05) is 42.6 Å². The molecule has 25 heavy (non-hydrogen) atoms. The van der Waals surface area contributed by atoms with Crippen molar-refractivity contribution in [2.75, 3.05) is 18.4 Å². The summed E-state index contributed by atoms with van der Waals surface area (Å²) in [6.45, 7) is 3.20. The fourth-order valence-electron chi connectivity index (χ4n) is 2.56. The summed E-state index contributed by atoms with van der Waals surface area (Å²) in [6, 6.07) is 13.6. The minimum atomic E-state index is -0.0489. The van der Waals surface area contributed by atoms with E-state index >= 15 is 0 Å². The second kappa shape index (κ2) is 7.77. The van der Waals surface area contributed by atoms with Crippen LogP contribution in [-0.4, -0.2) is 24.0 Å². The van der Waals surface area contributed by atoms with Crippen LogP contribution in [0.25, 0.3) is 10.9 Å². The first-order valence-electron chi connectivity index (χ1n) is 8.05. The molecular weight excluding hydrogens is 332 g/mol. The van der Waals surface area contributed by atoms with Crippen LogP contribution >= 0.6 is 11.3 Å². The molecule has 0 bridgehead atoms. The van der Waals surface area contributed by atoms with Crippen molar-refractivity contribution < 1.29 is 4.79 Å². The van der Waals surface area contributed by atoms with Crippen molar-refractivity contribution in [2.45, 2.75) is 13.3 Å². The van der Waals surface area contributed by atoms with E-state index in [4.69, 9.17) is 0 Å². The number of anilines is 1. The number of nitrogens with one attached hydrogen (secondary N) is 2. The smallest absolute Gasteiger partial charge is 0.261 e. The summed E-state index contributed by atoms with van der Waals surface area (Å²) < 4.78 is 0. The zero-order chi connectivity index (χ0) is 17.6. The zero-order valence-electron chi connectivity index (χ0n) is 13.9. The fraction of sp³-hybridized carbons (Fsp3) is 0.211. The zero-order valence-corrected chi connectivity index (χ0v) is 14.7. The van der Waals surface area contributed by atoms with Crippen LogP contribution in [0.1, 0.15) is 27.2 Å². The van der Waals surface area contributed by atoms with E-state index in [1.165, 1.54) is 11.3 Å². The van der Waals surface area contributed by atoms with Crippen molar-refractivity contribution in [1.82, 2.24) is 10.3 Å². The van der Waals surface area contributed by atoms with Gasteiger partial charge in [-0.05, 0) is 36.4 Å². The van der Waals surface area contributed by atoms with Crippen LogP contribution in [0.5, 0.6) is 0 Å². The number of rotatable bonds is 6. The van der Waals surface area contributed by atoms with Crippen molar-refractivity contribution >= 4 is 34.0 Å². The van der Waals surface area contributed by atoms with Crippen LogP contribution in [0.3, 0.4) is 0 Å². The minimum absolute atomic E-state index is 0.0489. The molecule has 0 aliphatic heterocycles. The van der Waals surface area contributed by atoms with Gasteiger partial charge in [0.1, 0.15) is 11.9 Å². The monoisotopic (exact) mass is 350 g/mol. The molecule has 126 valence electrons. The predicted octanol–water partition coefficient (Wildman–Crippen LogP) is 3.71. The summed E-state index contributed by atoms with van der Waals surface area (Å²) in [4.78, 5) is 17.2. The number of nitriles is 1. The van der Waals surface area contributed by atoms with Crippen LogP contribution in [0, 0.1) is 18.3 Å². The third-order valence-corrected chi connectivity index (χ3v) is 4.71. The summed E-state index contributed by atoms with van der Waals surface area (Å²) in [5.74, 6) is 0.543. The molecule has 6 heteroatoms. The molecule has 0 aliphatic rings. The Bertz CT molecular complexity index is 928. The molecule has 0 radical (unpaired) electrons. The van der Waals surface area contributed by atoms with Crippen molar-refractivity contribution in [3.05, 3.63) is 57.8 Å². The quantitative estimate of drug-likeness (QED) is 0.664. The van der Waals surface area contributed by atoms with Crippen molar-refractivity contribution in [3.63, 3.8) is 0 Å². The van der Waals surface area contributed by atoms with E-state index in [1.54, 1.807) is 6.07 Å². The second-order valence-corrected chi connectivity index (χ2v) is 6.60. The van der Waals surface area contributed by atoms with E-state index in [0.717, 1.165) is 22.9 Å². The SMILES string of the molecule is Cc1cccc2cc(C#N)c(NCCCNC(=O)c3cccs3)nc12. The van der Waals surface area contributed by atoms with Crippen LogP contribution in [0.15, 0.2) is 41.8 Å². The number of fused-ring (bicyclic) bond motifs is 1. The molecule has 0 unspecified atom stereocenters. The van der Waals surface area contributed by atoms with Gasteiger partial charge in [0.25, 0.3) is 5.91 Å². The number of pyridine rings is 1. The van der Waals surface area contributed by atoms with Gasteiger partial charge >= 0.3 is 0 Å². The molecule has 2 heterocycles. The van der Waals surface area contributed by atoms with Gasteiger partial charge in [-0.2, -0.15) is 5.26 Å². The Balaban J connectivity index is 1.58. The maximum absolute atomic E-state index is 11.8. The maximum Gasteiger partial charge on any atom is 0.261 e. The van der Waals surface area contributed by atoms with Gasteiger partial charge in [0.15, 0.2) is 0 Å². The highest BCUT2D eigenvalue weighted by Crippen LogP contribution is 2.22. The maximum atomic E-state index is 11.8. The molecule has 0 fully saturated rings. The molecule has 2 aromatic heterocycles. The molecule has 0 saturated heterocycles. The molecule has 1 amide bonds. The number of hydrogen-bond donors (Lipinski definition) is 2. The van der Waals surface area contributed by atoms with Crippen LogP contribution in [-0.2, 0) is 0 Å². The normalized spacial score (nSPS) is 10.4. The van der Waals surface area contributed by atoms with Gasteiger partial charge in [0.2, 0.25) is 0 Å². The standard InChI is InChI=1S/C19H18N4OS/c1-13-5-2-6-14-11-15(12-20)18(23-17(13)14)21-8-4-9-22-19(24)16-7-3-10-25-16/h2-3,5-7,10-11H,4,8-9H2,1H3,(H,21,23)(H,22,24). The minimum Gasteiger partial charge on any atom is -0.369 e. The average molecular weight is 350 g/mol. The Kier molecular flexibility index (Phi) is 5.26. The van der Waals surface area contributed by atoms with Gasteiger partial charge in [-0.25, -0.2) is 4.98 Å². The lowest BCUT2D eigenvalue weighted by Crippen LogP contribution is -2.25. The molecule has 3 aromatic rings. The van der Waals surface area contributed by atoms with Crippen molar-refractivity contribution in [2.24, 2.45) is 0 Å². The van der Waals surface area contributed by atoms with Gasteiger partial charge < -0.3 is 10.6 Å². The number of amides is 1. The summed E-state index contributed by atoms with van der Waals surface area (Å²) >= 11 is 1.43. The first kappa shape index (κ1) is 16.9. The molecule has 0 spiro atoms. The van der Waals surface area contributed by atoms with Gasteiger partial charge in [0.05, 0.1) is 16.0 Å². The fourth-order valence-corrected chi connectivity index (χ4v) is 3.20. The highest BCUT2D eigenvalue weighted by Gasteiger charge is 2.08. The number of nitrogens with zero attached hydrogens (tertiary/aromatic N) is 2. The number of para-hydroxylation sites is 1. The van der Waals surface area contributed by atoms with E-state index in [-0.39, 0.29) is 5.91 Å². The van der Waals surface area contributed by atoms with Gasteiger partial charge in [-0.1, -0.05) is 24.3 Å². The summed E-state index contributed by atoms with van der Waals surface area (Å²) in [5, 5.41) is 18.3. The summed E-state index contributed by atoms with van der Waals surface area (Å²) in [7, 11) is 0. The Morgan fingerprint density at radius 2 is 2.16 bits per heavy atom. The van der Waals surface area contributed by atoms with Gasteiger partial charge in [-0.15, -0.1) is 11.3 Å². The number of aryl methyl sites for hydroxylation is 1. The summed E-state index contributed by atoms with van der Waals surface area (Å²) in [6.07, 6.45) is 0.746. The van der Waals surface area contributed by atoms with Crippen molar-refractivity contribution in [3.8, 4) is 6.07 Å². The third-order valence-electron chi connectivity index (χ3n) is 3.84. The van der Waals surface area contributed by atoms with Crippen LogP contribution in [0.4, 0.5) is 5.82 Å². The molecule has 2 N–H and O–H groups in total. The molecule has 1 aromatic carbocycles. The molecule has 5 nitrogen and oxygen atoms in total. The predicted molar refractivity (Wildman–Crippen MR) is 101 cm³/mol. The van der Waals surface area contributed by atoms with Crippen LogP contribution < -0.4 is 10.6 Å². The van der Waals surface area contributed by atoms with Crippen LogP contribution in [0.2, 0.25) is 0 Å². The summed E-state index contributed by atoms with van der Waals surface area (Å²) in [5.41, 5.74) is 2.50. The number of benzene rings is 1. The van der Waals surface area contributed by atoms with Gasteiger partial charge in [-0.3, -0.25) is 4.79 Å². The number of carbonyl (C=O) groups excluding carboxylic acids is 1. The number of hydrogen-bond acceptors (Lipinski definition) is 5. The molecule has 0 saturated carbocycles. The first-order valence-corrected chi connectivity index (χ1v) is 8.93. The lowest BCUT2D eigenvalue weighted by atomic mass is 10.1. The third kappa shape index (κ3) is 3.95.